The van der Waals surface area contributed by atoms with Crippen LogP contribution in [-0.4, -0.2) is 15.8 Å². The van der Waals surface area contributed by atoms with E-state index >= 15 is 0 Å². The minimum atomic E-state index is -0.443. The molecule has 0 saturated carbocycles. The normalized spacial score (nSPS) is 10.4. The fourth-order valence-electron chi connectivity index (χ4n) is 1.83. The molecule has 3 N–H and O–H groups in total. The molecule has 0 aliphatic heterocycles. The second-order valence-corrected chi connectivity index (χ2v) is 5.44. The van der Waals surface area contributed by atoms with Crippen LogP contribution in [0, 0.1) is 24.0 Å². The highest BCUT2D eigenvalue weighted by atomic mass is 32.1. The lowest BCUT2D eigenvalue weighted by molar-refractivity contribution is -0.385. The van der Waals surface area contributed by atoms with Crippen molar-refractivity contribution in [2.24, 2.45) is 5.73 Å². The van der Waals surface area contributed by atoms with Crippen molar-refractivity contribution in [3.05, 3.63) is 49.5 Å². The molecule has 0 unspecified atom stereocenters. The van der Waals surface area contributed by atoms with E-state index in [1.54, 1.807) is 25.3 Å². The van der Waals surface area contributed by atoms with Crippen LogP contribution < -0.4 is 11.1 Å². The van der Waals surface area contributed by atoms with Gasteiger partial charge in [0.1, 0.15) is 10.7 Å². The molecule has 1 heterocycles. The average molecular weight is 306 g/mol. The van der Waals surface area contributed by atoms with Gasteiger partial charge in [-0.2, -0.15) is 0 Å². The van der Waals surface area contributed by atoms with Crippen molar-refractivity contribution >= 4 is 28.6 Å². The molecular weight excluding hydrogens is 292 g/mol. The summed E-state index contributed by atoms with van der Waals surface area (Å²) in [5.41, 5.74) is 7.42. The van der Waals surface area contributed by atoms with Crippen molar-refractivity contribution in [3.63, 3.8) is 0 Å². The molecule has 0 aliphatic carbocycles. The van der Waals surface area contributed by atoms with E-state index in [2.05, 4.69) is 10.3 Å². The number of hydrogen-bond donors (Lipinski definition) is 2. The number of carbonyl (C=O) groups excluding carboxylic acids is 1. The van der Waals surface area contributed by atoms with Crippen LogP contribution in [0.4, 0.5) is 11.4 Å². The van der Waals surface area contributed by atoms with Gasteiger partial charge in [-0.25, -0.2) is 4.98 Å². The number of thiazole rings is 1. The Kier molecular flexibility index (Phi) is 4.29. The molecule has 1 aromatic heterocycles. The molecule has 0 atom stereocenters. The Balaban J connectivity index is 2.25. The number of carbonyl (C=O) groups is 1. The number of nitro benzene ring substituents is 1. The molecule has 21 heavy (non-hydrogen) atoms. The SMILES string of the molecule is Cc1cc([N+](=O)[O-])c(C)cc1NC(=O)c1csc(CN)n1. The monoisotopic (exact) mass is 306 g/mol. The maximum absolute atomic E-state index is 12.1. The fraction of sp³-hybridized carbons (Fsp3) is 0.231. The summed E-state index contributed by atoms with van der Waals surface area (Å²) in [7, 11) is 0. The van der Waals surface area contributed by atoms with Crippen LogP contribution in [0.5, 0.6) is 0 Å². The average Bonchev–Trinajstić information content (AvgIpc) is 2.91. The van der Waals surface area contributed by atoms with Gasteiger partial charge in [-0.3, -0.25) is 14.9 Å². The summed E-state index contributed by atoms with van der Waals surface area (Å²) >= 11 is 1.32. The van der Waals surface area contributed by atoms with Crippen LogP contribution in [0.25, 0.3) is 0 Å². The molecule has 0 radical (unpaired) electrons. The number of amides is 1. The second kappa shape index (κ2) is 5.98. The number of benzene rings is 1. The molecule has 0 spiro atoms. The van der Waals surface area contributed by atoms with Crippen molar-refractivity contribution < 1.29 is 9.72 Å². The molecule has 8 heteroatoms. The number of nitrogens with zero attached hydrogens (tertiary/aromatic N) is 2. The van der Waals surface area contributed by atoms with E-state index in [1.165, 1.54) is 17.4 Å². The van der Waals surface area contributed by atoms with E-state index in [-0.39, 0.29) is 23.8 Å². The first kappa shape index (κ1) is 15.1. The van der Waals surface area contributed by atoms with E-state index in [9.17, 15) is 14.9 Å². The third-order valence-electron chi connectivity index (χ3n) is 2.95. The zero-order chi connectivity index (χ0) is 15.6. The standard InChI is InChI=1S/C13H14N4O3S/c1-7-4-11(17(19)20)8(2)3-9(7)16-13(18)10-6-21-12(5-14)15-10/h3-4,6H,5,14H2,1-2H3,(H,16,18). The van der Waals surface area contributed by atoms with E-state index < -0.39 is 4.92 Å². The highest BCUT2D eigenvalue weighted by Gasteiger charge is 2.16. The molecule has 1 aromatic carbocycles. The number of hydrogen-bond acceptors (Lipinski definition) is 6. The van der Waals surface area contributed by atoms with Gasteiger partial charge in [0.15, 0.2) is 0 Å². The van der Waals surface area contributed by atoms with Crippen LogP contribution in [-0.2, 0) is 6.54 Å². The van der Waals surface area contributed by atoms with Gasteiger partial charge in [-0.05, 0) is 25.5 Å². The highest BCUT2D eigenvalue weighted by molar-refractivity contribution is 7.09. The Morgan fingerprint density at radius 2 is 2.14 bits per heavy atom. The molecule has 1 amide bonds. The maximum Gasteiger partial charge on any atom is 0.275 e. The topological polar surface area (TPSA) is 111 Å². The summed E-state index contributed by atoms with van der Waals surface area (Å²) in [5.74, 6) is -0.359. The number of nitrogens with one attached hydrogen (secondary N) is 1. The van der Waals surface area contributed by atoms with Gasteiger partial charge in [0.2, 0.25) is 0 Å². The molecule has 0 bridgehead atoms. The number of anilines is 1. The smallest absolute Gasteiger partial charge is 0.275 e. The molecule has 0 saturated heterocycles. The summed E-state index contributed by atoms with van der Waals surface area (Å²) in [6.45, 7) is 3.62. The maximum atomic E-state index is 12.1. The first-order valence-electron chi connectivity index (χ1n) is 6.14. The van der Waals surface area contributed by atoms with Crippen molar-refractivity contribution in [1.82, 2.24) is 4.98 Å². The van der Waals surface area contributed by atoms with E-state index in [0.717, 1.165) is 0 Å². The summed E-state index contributed by atoms with van der Waals surface area (Å²) in [6.07, 6.45) is 0. The first-order chi connectivity index (χ1) is 9.92. The Bertz CT molecular complexity index is 711. The molecule has 110 valence electrons. The van der Waals surface area contributed by atoms with Crippen LogP contribution in [0.15, 0.2) is 17.5 Å². The zero-order valence-electron chi connectivity index (χ0n) is 11.5. The van der Waals surface area contributed by atoms with Gasteiger partial charge >= 0.3 is 0 Å². The Morgan fingerprint density at radius 1 is 1.43 bits per heavy atom. The Hall–Kier alpha value is -2.32. The first-order valence-corrected chi connectivity index (χ1v) is 7.01. The highest BCUT2D eigenvalue weighted by Crippen LogP contribution is 2.26. The predicted octanol–water partition coefficient (Wildman–Crippen LogP) is 2.38. The largest absolute Gasteiger partial charge is 0.325 e. The van der Waals surface area contributed by atoms with E-state index in [4.69, 9.17) is 5.73 Å². The van der Waals surface area contributed by atoms with Gasteiger partial charge in [0.05, 0.1) is 4.92 Å². The molecule has 2 aromatic rings. The summed E-state index contributed by atoms with van der Waals surface area (Å²) in [4.78, 5) is 26.6. The van der Waals surface area contributed by atoms with Gasteiger partial charge in [0.25, 0.3) is 11.6 Å². The number of rotatable bonds is 4. The lowest BCUT2D eigenvalue weighted by Gasteiger charge is -2.08. The van der Waals surface area contributed by atoms with Crippen molar-refractivity contribution in [1.29, 1.82) is 0 Å². The number of aryl methyl sites for hydroxylation is 2. The third kappa shape index (κ3) is 3.23. The van der Waals surface area contributed by atoms with Gasteiger partial charge in [-0.1, -0.05) is 0 Å². The van der Waals surface area contributed by atoms with Crippen LogP contribution in [0.3, 0.4) is 0 Å². The zero-order valence-corrected chi connectivity index (χ0v) is 12.4. The summed E-state index contributed by atoms with van der Waals surface area (Å²) in [5, 5.41) is 15.9. The lowest BCUT2D eigenvalue weighted by atomic mass is 10.1. The van der Waals surface area contributed by atoms with Gasteiger partial charge < -0.3 is 11.1 Å². The molecule has 7 nitrogen and oxygen atoms in total. The second-order valence-electron chi connectivity index (χ2n) is 4.50. The van der Waals surface area contributed by atoms with Gasteiger partial charge in [0, 0.05) is 29.2 Å². The van der Waals surface area contributed by atoms with E-state index in [0.29, 0.717) is 21.8 Å². The Morgan fingerprint density at radius 3 is 2.71 bits per heavy atom. The van der Waals surface area contributed by atoms with Gasteiger partial charge in [-0.15, -0.1) is 11.3 Å². The summed E-state index contributed by atoms with van der Waals surface area (Å²) in [6, 6.07) is 3.03. The molecule has 0 aliphatic rings. The number of nitrogens with two attached hydrogens (primary N) is 1. The quantitative estimate of drug-likeness (QED) is 0.665. The predicted molar refractivity (Wildman–Crippen MR) is 80.5 cm³/mol. The number of aromatic nitrogens is 1. The number of nitro groups is 1. The van der Waals surface area contributed by atoms with Crippen molar-refractivity contribution in [2.75, 3.05) is 5.32 Å². The van der Waals surface area contributed by atoms with E-state index in [1.807, 2.05) is 0 Å². The van der Waals surface area contributed by atoms with Crippen LogP contribution in [0.1, 0.15) is 26.6 Å². The minimum absolute atomic E-state index is 0.0320. The van der Waals surface area contributed by atoms with Crippen molar-refractivity contribution in [3.8, 4) is 0 Å². The molecular formula is C13H14N4O3S. The fourth-order valence-corrected chi connectivity index (χ4v) is 2.48. The van der Waals surface area contributed by atoms with Crippen molar-refractivity contribution in [2.45, 2.75) is 20.4 Å². The summed E-state index contributed by atoms with van der Waals surface area (Å²) < 4.78 is 0. The third-order valence-corrected chi connectivity index (χ3v) is 3.82. The Labute approximate surface area is 125 Å². The molecule has 2 rings (SSSR count). The minimum Gasteiger partial charge on any atom is -0.325 e. The molecule has 0 fully saturated rings. The lowest BCUT2D eigenvalue weighted by Crippen LogP contribution is -2.14. The van der Waals surface area contributed by atoms with Crippen LogP contribution >= 0.6 is 11.3 Å². The van der Waals surface area contributed by atoms with Crippen LogP contribution in [0.2, 0.25) is 0 Å².